The van der Waals surface area contributed by atoms with Gasteiger partial charge in [-0.05, 0) is 24.6 Å². The second kappa shape index (κ2) is 7.44. The normalized spacial score (nSPS) is 11.2. The zero-order valence-electron chi connectivity index (χ0n) is 16.6. The lowest BCUT2D eigenvalue weighted by Gasteiger charge is -2.09. The van der Waals surface area contributed by atoms with Crippen molar-refractivity contribution in [2.24, 2.45) is 0 Å². The Kier molecular flexibility index (Phi) is 4.81. The van der Waals surface area contributed by atoms with Gasteiger partial charge in [0.2, 0.25) is 5.88 Å². The van der Waals surface area contributed by atoms with Crippen molar-refractivity contribution in [1.82, 2.24) is 24.3 Å². The number of aryl methyl sites for hydroxylation is 1. The van der Waals surface area contributed by atoms with Crippen molar-refractivity contribution in [3.8, 4) is 34.5 Å². The van der Waals surface area contributed by atoms with E-state index in [0.29, 0.717) is 35.0 Å². The Morgan fingerprint density at radius 1 is 1.07 bits per heavy atom. The van der Waals surface area contributed by atoms with Gasteiger partial charge >= 0.3 is 0 Å². The first-order valence-electron chi connectivity index (χ1n) is 8.87. The lowest BCUT2D eigenvalue weighted by molar-refractivity contribution is 0.120. The molecule has 29 heavy (non-hydrogen) atoms. The van der Waals surface area contributed by atoms with Crippen molar-refractivity contribution in [1.29, 1.82) is 0 Å². The molecule has 4 aromatic rings. The van der Waals surface area contributed by atoms with Gasteiger partial charge in [0, 0.05) is 25.1 Å². The molecule has 0 fully saturated rings. The monoisotopic (exact) mass is 395 g/mol. The van der Waals surface area contributed by atoms with Crippen molar-refractivity contribution in [2.75, 3.05) is 21.3 Å². The van der Waals surface area contributed by atoms with Crippen LogP contribution < -0.4 is 9.47 Å². The highest BCUT2D eigenvalue weighted by Gasteiger charge is 2.17. The minimum atomic E-state index is 0.110. The Balaban J connectivity index is 1.81. The third-order valence-corrected chi connectivity index (χ3v) is 4.63. The Bertz CT molecular complexity index is 1180. The smallest absolute Gasteiger partial charge is 0.256 e. The molecular formula is C20H21N5O4. The first-order valence-corrected chi connectivity index (χ1v) is 8.87. The third kappa shape index (κ3) is 3.25. The van der Waals surface area contributed by atoms with Gasteiger partial charge in [0.1, 0.15) is 6.73 Å². The molecule has 0 aromatic carbocycles. The molecule has 0 bridgehead atoms. The van der Waals surface area contributed by atoms with Crippen LogP contribution in [0.3, 0.4) is 0 Å². The van der Waals surface area contributed by atoms with Crippen molar-refractivity contribution >= 4 is 10.9 Å². The number of aromatic hydroxyl groups is 1. The first-order chi connectivity index (χ1) is 14.0. The Labute approximate surface area is 167 Å². The SMILES string of the molecule is COCn1cc(-n2cc3nc(-c4cnc(OC)c(OC)c4)cc(C)c3c2O)cn1. The van der Waals surface area contributed by atoms with Crippen molar-refractivity contribution < 1.29 is 19.3 Å². The molecule has 0 aliphatic heterocycles. The van der Waals surface area contributed by atoms with Gasteiger partial charge in [0.15, 0.2) is 5.75 Å². The molecule has 1 N–H and O–H groups in total. The van der Waals surface area contributed by atoms with Crippen molar-refractivity contribution in [3.63, 3.8) is 0 Å². The van der Waals surface area contributed by atoms with Crippen LogP contribution in [0.2, 0.25) is 0 Å². The number of rotatable bonds is 6. The fraction of sp³-hybridized carbons (Fsp3) is 0.250. The van der Waals surface area contributed by atoms with Crippen molar-refractivity contribution in [3.05, 3.63) is 42.5 Å². The number of pyridine rings is 2. The highest BCUT2D eigenvalue weighted by atomic mass is 16.5. The maximum atomic E-state index is 10.8. The van der Waals surface area contributed by atoms with Crippen LogP contribution in [-0.2, 0) is 11.5 Å². The predicted molar refractivity (Wildman–Crippen MR) is 107 cm³/mol. The fourth-order valence-corrected chi connectivity index (χ4v) is 3.28. The zero-order chi connectivity index (χ0) is 20.5. The maximum absolute atomic E-state index is 10.8. The summed E-state index contributed by atoms with van der Waals surface area (Å²) in [5, 5.41) is 15.7. The summed E-state index contributed by atoms with van der Waals surface area (Å²) < 4.78 is 18.9. The van der Waals surface area contributed by atoms with E-state index in [9.17, 15) is 5.11 Å². The molecule has 9 nitrogen and oxygen atoms in total. The minimum absolute atomic E-state index is 0.110. The molecule has 0 unspecified atom stereocenters. The summed E-state index contributed by atoms with van der Waals surface area (Å²) in [6.45, 7) is 2.26. The predicted octanol–water partition coefficient (Wildman–Crippen LogP) is 2.92. The highest BCUT2D eigenvalue weighted by molar-refractivity contribution is 5.90. The zero-order valence-corrected chi connectivity index (χ0v) is 16.6. The molecule has 0 aliphatic carbocycles. The topological polar surface area (TPSA) is 96.5 Å². The van der Waals surface area contributed by atoms with Gasteiger partial charge < -0.3 is 19.3 Å². The number of hydrogen-bond acceptors (Lipinski definition) is 7. The van der Waals surface area contributed by atoms with E-state index < -0.39 is 0 Å². The summed E-state index contributed by atoms with van der Waals surface area (Å²) in [4.78, 5) is 9.00. The quantitative estimate of drug-likeness (QED) is 0.536. The second-order valence-corrected chi connectivity index (χ2v) is 6.50. The Hall–Kier alpha value is -3.59. The lowest BCUT2D eigenvalue weighted by atomic mass is 10.1. The number of methoxy groups -OCH3 is 3. The maximum Gasteiger partial charge on any atom is 0.256 e. The molecule has 0 atom stereocenters. The minimum Gasteiger partial charge on any atom is -0.494 e. The molecule has 0 aliphatic rings. The van der Waals surface area contributed by atoms with Gasteiger partial charge in [-0.3, -0.25) is 4.57 Å². The van der Waals surface area contributed by atoms with Gasteiger partial charge in [-0.2, -0.15) is 5.10 Å². The van der Waals surface area contributed by atoms with Crippen LogP contribution in [-0.4, -0.2) is 50.8 Å². The molecule has 150 valence electrons. The number of ether oxygens (including phenoxy) is 3. The Morgan fingerprint density at radius 2 is 1.90 bits per heavy atom. The molecular weight excluding hydrogens is 374 g/mol. The Morgan fingerprint density at radius 3 is 2.62 bits per heavy atom. The molecule has 0 amide bonds. The van der Waals surface area contributed by atoms with E-state index >= 15 is 0 Å². The van der Waals surface area contributed by atoms with Crippen LogP contribution in [0.4, 0.5) is 0 Å². The fourth-order valence-electron chi connectivity index (χ4n) is 3.28. The van der Waals surface area contributed by atoms with Crippen LogP contribution >= 0.6 is 0 Å². The van der Waals surface area contributed by atoms with E-state index in [0.717, 1.165) is 16.8 Å². The van der Waals surface area contributed by atoms with E-state index in [1.807, 2.05) is 19.1 Å². The van der Waals surface area contributed by atoms with E-state index in [1.54, 1.807) is 55.4 Å². The number of nitrogens with zero attached hydrogens (tertiary/aromatic N) is 5. The summed E-state index contributed by atoms with van der Waals surface area (Å²) >= 11 is 0. The van der Waals surface area contributed by atoms with Crippen LogP contribution in [0, 0.1) is 6.92 Å². The van der Waals surface area contributed by atoms with E-state index in [4.69, 9.17) is 19.2 Å². The number of hydrogen-bond donors (Lipinski definition) is 1. The molecule has 9 heteroatoms. The number of aromatic nitrogens is 5. The molecule has 4 aromatic heterocycles. The summed E-state index contributed by atoms with van der Waals surface area (Å²) in [7, 11) is 4.70. The lowest BCUT2D eigenvalue weighted by Crippen LogP contribution is -1.99. The van der Waals surface area contributed by atoms with E-state index in [-0.39, 0.29) is 5.88 Å². The first kappa shape index (κ1) is 18.8. The third-order valence-electron chi connectivity index (χ3n) is 4.63. The summed E-state index contributed by atoms with van der Waals surface area (Å²) in [5.41, 5.74) is 3.77. The van der Waals surface area contributed by atoms with Gasteiger partial charge in [-0.1, -0.05) is 0 Å². The van der Waals surface area contributed by atoms with Crippen LogP contribution in [0.1, 0.15) is 5.56 Å². The van der Waals surface area contributed by atoms with Gasteiger partial charge in [0.25, 0.3) is 5.88 Å². The average molecular weight is 395 g/mol. The standard InChI is InChI=1S/C20H21N5O4/c1-12-5-15(13-6-17(28-3)19(29-4)21-7-13)23-16-10-25(20(26)18(12)16)14-8-22-24(9-14)11-27-2/h5-10,26H,11H2,1-4H3. The molecule has 0 saturated carbocycles. The van der Waals surface area contributed by atoms with Gasteiger partial charge in [-0.25, -0.2) is 14.6 Å². The van der Waals surface area contributed by atoms with Crippen molar-refractivity contribution in [2.45, 2.75) is 13.7 Å². The van der Waals surface area contributed by atoms with Gasteiger partial charge in [-0.15, -0.1) is 0 Å². The molecule has 0 spiro atoms. The van der Waals surface area contributed by atoms with E-state index in [1.165, 1.54) is 0 Å². The summed E-state index contributed by atoms with van der Waals surface area (Å²) in [6.07, 6.45) is 6.91. The largest absolute Gasteiger partial charge is 0.494 e. The average Bonchev–Trinajstić information content (AvgIpc) is 3.32. The molecule has 4 rings (SSSR count). The van der Waals surface area contributed by atoms with Crippen LogP contribution in [0.15, 0.2) is 36.9 Å². The highest BCUT2D eigenvalue weighted by Crippen LogP contribution is 2.35. The molecule has 0 saturated heterocycles. The number of fused-ring (bicyclic) bond motifs is 1. The van der Waals surface area contributed by atoms with Gasteiger partial charge in [0.05, 0.1) is 48.9 Å². The molecule has 4 heterocycles. The van der Waals surface area contributed by atoms with Crippen LogP contribution in [0.25, 0.3) is 27.8 Å². The summed E-state index contributed by atoms with van der Waals surface area (Å²) in [6, 6.07) is 3.73. The second-order valence-electron chi connectivity index (χ2n) is 6.50. The summed E-state index contributed by atoms with van der Waals surface area (Å²) in [5.74, 6) is 1.04. The van der Waals surface area contributed by atoms with Crippen LogP contribution in [0.5, 0.6) is 17.5 Å². The molecule has 0 radical (unpaired) electrons. The van der Waals surface area contributed by atoms with E-state index in [2.05, 4.69) is 10.1 Å².